The van der Waals surface area contributed by atoms with Crippen LogP contribution in [0.2, 0.25) is 0 Å². The predicted octanol–water partition coefficient (Wildman–Crippen LogP) is 8.39. The number of amides is 2. The van der Waals surface area contributed by atoms with E-state index in [1.54, 1.807) is 11.8 Å². The number of methoxy groups -OCH3 is 1. The lowest BCUT2D eigenvalue weighted by molar-refractivity contribution is -0.136. The predicted molar refractivity (Wildman–Crippen MR) is 226 cm³/mol. The highest BCUT2D eigenvalue weighted by Crippen LogP contribution is 2.50. The molecular formula is C43H50BN5O6S2. The number of hydrogen-bond acceptors (Lipinski definition) is 9. The molecule has 4 aliphatic rings. The van der Waals surface area contributed by atoms with E-state index in [1.807, 2.05) is 42.5 Å². The van der Waals surface area contributed by atoms with Gasteiger partial charge >= 0.3 is 13.2 Å². The monoisotopic (exact) mass is 807 g/mol. The molecule has 2 amide bonds. The standard InChI is InChI=1S/C43H50BN5O6S2/c1-24(2)36(47-40(51)52-7)37(50)48-19-9-18-43(48,56-8)39-45-23-30(46-39)26-12-14-29-32-21-27-20-28(44-54-41(3,4)42(5,6)55-44)13-15-31(27)49(32)38(53-33(29)22-26)35-17-16-34(57-35)25-10-11-25/h12-17,20-25,36,38H,9-11,18-19H2,1-8H3,(H,45,46)(H,47,51). The van der Waals surface area contributed by atoms with Crippen molar-refractivity contribution in [3.8, 4) is 28.3 Å². The van der Waals surface area contributed by atoms with Gasteiger partial charge < -0.3 is 34.0 Å². The fourth-order valence-electron chi connectivity index (χ4n) is 8.46. The molecule has 298 valence electrons. The fourth-order valence-corrected chi connectivity index (χ4v) is 10.7. The van der Waals surface area contributed by atoms with Crippen molar-refractivity contribution in [2.45, 2.75) is 101 Å². The summed E-state index contributed by atoms with van der Waals surface area (Å²) in [5.41, 5.74) is 5.08. The molecule has 5 aromatic rings. The number of thioether (sulfide) groups is 1. The van der Waals surface area contributed by atoms with Crippen LogP contribution in [0.4, 0.5) is 4.79 Å². The largest absolute Gasteiger partial charge is 0.494 e. The van der Waals surface area contributed by atoms with Crippen molar-refractivity contribution in [1.82, 2.24) is 24.8 Å². The second kappa shape index (κ2) is 14.0. The molecule has 1 saturated carbocycles. The number of nitrogens with zero attached hydrogens (tertiary/aromatic N) is 3. The fraction of sp³-hybridized carbons (Fsp3) is 0.465. The minimum absolute atomic E-state index is 0.131. The number of benzene rings is 2. The molecule has 2 N–H and O–H groups in total. The molecule has 14 heteroatoms. The van der Waals surface area contributed by atoms with E-state index >= 15 is 0 Å². The Morgan fingerprint density at radius 2 is 1.79 bits per heavy atom. The van der Waals surface area contributed by atoms with Gasteiger partial charge in [0.25, 0.3) is 0 Å². The van der Waals surface area contributed by atoms with Gasteiger partial charge in [-0.1, -0.05) is 32.0 Å². The third-order valence-corrected chi connectivity index (χ3v) is 15.1. The number of thiophene rings is 1. The maximum absolute atomic E-state index is 14.1. The van der Waals surface area contributed by atoms with Crippen molar-refractivity contribution in [2.24, 2.45) is 5.92 Å². The maximum Gasteiger partial charge on any atom is 0.494 e. The zero-order valence-corrected chi connectivity index (χ0v) is 35.4. The van der Waals surface area contributed by atoms with Crippen molar-refractivity contribution in [3.63, 3.8) is 0 Å². The molecule has 6 heterocycles. The molecule has 3 aromatic heterocycles. The SMILES string of the molecule is COC(=O)NC(C(=O)N1CCCC1(SC)c1ncc(-c2ccc3c(c2)OC(c2ccc(C4CC4)s2)n2c-3cc3cc(B4OC(C)(C)C(C)(C)O4)ccc32)[nH]1)C(C)C. The number of nitrogens with one attached hydrogen (secondary N) is 2. The summed E-state index contributed by atoms with van der Waals surface area (Å²) in [6.07, 6.45) is 6.93. The van der Waals surface area contributed by atoms with Gasteiger partial charge in [0.15, 0.2) is 0 Å². The third kappa shape index (κ3) is 6.38. The molecule has 0 bridgehead atoms. The van der Waals surface area contributed by atoms with E-state index in [-0.39, 0.29) is 18.1 Å². The highest BCUT2D eigenvalue weighted by atomic mass is 32.2. The van der Waals surface area contributed by atoms with Crippen LogP contribution in [0.3, 0.4) is 0 Å². The van der Waals surface area contributed by atoms with Gasteiger partial charge in [-0.3, -0.25) is 9.36 Å². The number of imidazole rings is 1. The molecule has 0 radical (unpaired) electrons. The average Bonchev–Trinajstić information content (AvgIpc) is 3.61. The third-order valence-electron chi connectivity index (χ3n) is 12.6. The molecule has 3 atom stereocenters. The van der Waals surface area contributed by atoms with Gasteiger partial charge in [0.1, 0.15) is 22.5 Å². The Labute approximate surface area is 342 Å². The van der Waals surface area contributed by atoms with E-state index in [1.165, 1.54) is 29.7 Å². The zero-order valence-electron chi connectivity index (χ0n) is 33.8. The first-order valence-electron chi connectivity index (χ1n) is 19.9. The number of carbonyl (C=O) groups is 2. The van der Waals surface area contributed by atoms with Gasteiger partial charge in [0.2, 0.25) is 12.1 Å². The maximum atomic E-state index is 14.1. The van der Waals surface area contributed by atoms with Crippen molar-refractivity contribution >= 4 is 58.6 Å². The van der Waals surface area contributed by atoms with Crippen LogP contribution in [0.5, 0.6) is 5.75 Å². The van der Waals surface area contributed by atoms with Crippen molar-refractivity contribution in [2.75, 3.05) is 19.9 Å². The summed E-state index contributed by atoms with van der Waals surface area (Å²) in [6.45, 7) is 12.7. The summed E-state index contributed by atoms with van der Waals surface area (Å²) in [5.74, 6) is 1.87. The van der Waals surface area contributed by atoms with Gasteiger partial charge in [-0.2, -0.15) is 0 Å². The topological polar surface area (TPSA) is 120 Å². The highest BCUT2D eigenvalue weighted by Gasteiger charge is 2.52. The van der Waals surface area contributed by atoms with E-state index in [9.17, 15) is 9.59 Å². The van der Waals surface area contributed by atoms with E-state index in [4.69, 9.17) is 23.8 Å². The average molecular weight is 808 g/mol. The number of hydrogen-bond donors (Lipinski definition) is 2. The van der Waals surface area contributed by atoms with E-state index in [0.29, 0.717) is 18.3 Å². The quantitative estimate of drug-likeness (QED) is 0.143. The summed E-state index contributed by atoms with van der Waals surface area (Å²) < 4.78 is 27.1. The molecule has 3 unspecified atom stereocenters. The number of aromatic amines is 1. The van der Waals surface area contributed by atoms with Gasteiger partial charge in [0, 0.05) is 27.9 Å². The van der Waals surface area contributed by atoms with Crippen LogP contribution in [-0.4, -0.2) is 75.7 Å². The normalized spacial score (nSPS) is 22.7. The number of likely N-dealkylation sites (tertiary alicyclic amines) is 1. The first-order chi connectivity index (χ1) is 27.2. The van der Waals surface area contributed by atoms with Crippen molar-refractivity contribution in [3.05, 3.63) is 76.4 Å². The second-order valence-electron chi connectivity index (χ2n) is 17.1. The molecule has 11 nitrogen and oxygen atoms in total. The first-order valence-corrected chi connectivity index (χ1v) is 22.0. The smallest absolute Gasteiger partial charge is 0.464 e. The minimum Gasteiger partial charge on any atom is -0.464 e. The molecular weight excluding hydrogens is 757 g/mol. The number of H-pyrrole nitrogens is 1. The number of aromatic nitrogens is 3. The Balaban J connectivity index is 1.07. The first kappa shape index (κ1) is 38.3. The van der Waals surface area contributed by atoms with Crippen molar-refractivity contribution < 1.29 is 28.4 Å². The molecule has 2 saturated heterocycles. The van der Waals surface area contributed by atoms with Gasteiger partial charge in [-0.25, -0.2) is 9.78 Å². The van der Waals surface area contributed by atoms with Crippen LogP contribution < -0.4 is 15.5 Å². The molecule has 3 fully saturated rings. The Hall–Kier alpha value is -4.24. The van der Waals surface area contributed by atoms with E-state index in [0.717, 1.165) is 57.5 Å². The Bertz CT molecular complexity index is 2370. The number of fused-ring (bicyclic) bond motifs is 5. The van der Waals surface area contributed by atoms with E-state index in [2.05, 4.69) is 97.2 Å². The van der Waals surface area contributed by atoms with Crippen LogP contribution in [0.15, 0.2) is 60.8 Å². The van der Waals surface area contributed by atoms with Gasteiger partial charge in [-0.05, 0) is 113 Å². The molecule has 3 aliphatic heterocycles. The van der Waals surface area contributed by atoms with Crippen LogP contribution in [0.25, 0.3) is 33.4 Å². The summed E-state index contributed by atoms with van der Waals surface area (Å²) >= 11 is 3.44. The molecule has 2 aromatic carbocycles. The number of ether oxygens (including phenoxy) is 2. The Kier molecular flexibility index (Phi) is 9.38. The number of alkyl carbamates (subject to hydrolysis) is 1. The van der Waals surface area contributed by atoms with Crippen LogP contribution >= 0.6 is 23.1 Å². The molecule has 1 aliphatic carbocycles. The van der Waals surface area contributed by atoms with Gasteiger partial charge in [0.05, 0.1) is 46.3 Å². The molecule has 57 heavy (non-hydrogen) atoms. The summed E-state index contributed by atoms with van der Waals surface area (Å²) in [6, 6.07) is 18.9. The van der Waals surface area contributed by atoms with Gasteiger partial charge in [-0.15, -0.1) is 23.1 Å². The van der Waals surface area contributed by atoms with Crippen LogP contribution in [-0.2, 0) is 23.7 Å². The summed E-state index contributed by atoms with van der Waals surface area (Å²) in [5, 5.41) is 3.86. The summed E-state index contributed by atoms with van der Waals surface area (Å²) in [4.78, 5) is 38.5. The highest BCUT2D eigenvalue weighted by molar-refractivity contribution is 7.99. The summed E-state index contributed by atoms with van der Waals surface area (Å²) in [7, 11) is 0.852. The Morgan fingerprint density at radius 3 is 2.49 bits per heavy atom. The lowest BCUT2D eigenvalue weighted by Crippen LogP contribution is -2.55. The van der Waals surface area contributed by atoms with Crippen molar-refractivity contribution in [1.29, 1.82) is 0 Å². The number of rotatable bonds is 9. The molecule has 9 rings (SSSR count). The lowest BCUT2D eigenvalue weighted by Gasteiger charge is -2.38. The lowest BCUT2D eigenvalue weighted by atomic mass is 9.78. The number of carbonyl (C=O) groups excluding carboxylic acids is 2. The zero-order chi connectivity index (χ0) is 40.0. The van der Waals surface area contributed by atoms with E-state index < -0.39 is 35.3 Å². The van der Waals surface area contributed by atoms with Crippen LogP contribution in [0.1, 0.15) is 95.0 Å². The van der Waals surface area contributed by atoms with Crippen LogP contribution in [0, 0.1) is 5.92 Å². The minimum atomic E-state index is -0.725. The Morgan fingerprint density at radius 1 is 1.04 bits per heavy atom. The second-order valence-corrected chi connectivity index (χ2v) is 19.3. The molecule has 0 spiro atoms.